The molecule has 1 atom stereocenters. The van der Waals surface area contributed by atoms with Crippen molar-refractivity contribution in [2.45, 2.75) is 39.8 Å². The standard InChI is InChI=1S/C17H33N5O4S/c1-13(2)17(24)15(21-14(3)4)11-27-12-16(23)19-5-7-25-9-10-26-8-6-20-22-18/h13-15,21H,5-12H2,1-4H3,(H,19,23)/t15-/m0/s1. The maximum atomic E-state index is 12.2. The fourth-order valence-corrected chi connectivity index (χ4v) is 2.97. The zero-order valence-corrected chi connectivity index (χ0v) is 17.6. The van der Waals surface area contributed by atoms with Gasteiger partial charge in [-0.15, -0.1) is 11.8 Å². The molecule has 2 N–H and O–H groups in total. The van der Waals surface area contributed by atoms with Crippen molar-refractivity contribution < 1.29 is 19.1 Å². The Morgan fingerprint density at radius 2 is 1.78 bits per heavy atom. The van der Waals surface area contributed by atoms with Crippen molar-refractivity contribution >= 4 is 23.5 Å². The van der Waals surface area contributed by atoms with Gasteiger partial charge in [-0.2, -0.15) is 0 Å². The van der Waals surface area contributed by atoms with Crippen molar-refractivity contribution in [3.8, 4) is 0 Å². The van der Waals surface area contributed by atoms with E-state index in [1.54, 1.807) is 0 Å². The maximum Gasteiger partial charge on any atom is 0.230 e. The Labute approximate surface area is 165 Å². The highest BCUT2D eigenvalue weighted by Crippen LogP contribution is 2.09. The van der Waals surface area contributed by atoms with Gasteiger partial charge in [-0.05, 0) is 5.53 Å². The first-order valence-electron chi connectivity index (χ1n) is 9.19. The Morgan fingerprint density at radius 1 is 1.11 bits per heavy atom. The van der Waals surface area contributed by atoms with Crippen LogP contribution in [0.3, 0.4) is 0 Å². The highest BCUT2D eigenvalue weighted by molar-refractivity contribution is 8.00. The third-order valence-corrected chi connectivity index (χ3v) is 4.34. The van der Waals surface area contributed by atoms with Gasteiger partial charge in [-0.1, -0.05) is 32.8 Å². The molecule has 0 rings (SSSR count). The average Bonchev–Trinajstić information content (AvgIpc) is 2.61. The Bertz CT molecular complexity index is 470. The Hall–Kier alpha value is -1.32. The zero-order chi connectivity index (χ0) is 20.5. The third-order valence-electron chi connectivity index (χ3n) is 3.30. The number of Topliss-reactive ketones (excluding diaryl/α,β-unsaturated/α-hetero) is 1. The van der Waals surface area contributed by atoms with Crippen LogP contribution in [-0.4, -0.2) is 74.8 Å². The molecule has 1 amide bonds. The fourth-order valence-electron chi connectivity index (χ4n) is 2.07. The molecule has 0 aromatic rings. The van der Waals surface area contributed by atoms with Crippen LogP contribution in [0.5, 0.6) is 0 Å². The number of ketones is 1. The number of azide groups is 1. The van der Waals surface area contributed by atoms with Gasteiger partial charge >= 0.3 is 0 Å². The van der Waals surface area contributed by atoms with E-state index < -0.39 is 0 Å². The van der Waals surface area contributed by atoms with E-state index in [0.29, 0.717) is 51.0 Å². The molecule has 0 aliphatic carbocycles. The SMILES string of the molecule is CC(C)N[C@@H](CSCC(=O)NCCOCCOCCN=[N+]=[N-])C(=O)C(C)C. The summed E-state index contributed by atoms with van der Waals surface area (Å²) in [6, 6.07) is -0.0164. The molecule has 0 heterocycles. The molecule has 0 spiro atoms. The van der Waals surface area contributed by atoms with Crippen molar-refractivity contribution in [1.29, 1.82) is 0 Å². The van der Waals surface area contributed by atoms with Crippen molar-refractivity contribution in [3.63, 3.8) is 0 Å². The molecule has 0 saturated heterocycles. The monoisotopic (exact) mass is 403 g/mol. The molecule has 156 valence electrons. The smallest absolute Gasteiger partial charge is 0.230 e. The number of carbonyl (C=O) groups excluding carboxylic acids is 2. The summed E-state index contributed by atoms with van der Waals surface area (Å²) in [4.78, 5) is 26.7. The summed E-state index contributed by atoms with van der Waals surface area (Å²) >= 11 is 1.45. The number of nitrogens with zero attached hydrogens (tertiary/aromatic N) is 3. The maximum absolute atomic E-state index is 12.2. The Morgan fingerprint density at radius 3 is 2.37 bits per heavy atom. The molecular formula is C17H33N5O4S. The number of amides is 1. The molecule has 0 unspecified atom stereocenters. The van der Waals surface area contributed by atoms with E-state index >= 15 is 0 Å². The van der Waals surface area contributed by atoms with Crippen molar-refractivity contribution in [1.82, 2.24) is 10.6 Å². The lowest BCUT2D eigenvalue weighted by molar-refractivity contribution is -0.123. The van der Waals surface area contributed by atoms with Crippen LogP contribution < -0.4 is 10.6 Å². The Kier molecular flexibility index (Phi) is 16.0. The van der Waals surface area contributed by atoms with Gasteiger partial charge in [-0.25, -0.2) is 0 Å². The molecule has 0 aliphatic rings. The van der Waals surface area contributed by atoms with Crippen molar-refractivity contribution in [2.24, 2.45) is 11.0 Å². The molecule has 0 saturated carbocycles. The summed E-state index contributed by atoms with van der Waals surface area (Å²) in [5, 5.41) is 9.40. The third kappa shape index (κ3) is 15.4. The predicted octanol–water partition coefficient (Wildman–Crippen LogP) is 1.77. The van der Waals surface area contributed by atoms with Crippen LogP contribution >= 0.6 is 11.8 Å². The first-order valence-corrected chi connectivity index (χ1v) is 10.3. The summed E-state index contributed by atoms with van der Waals surface area (Å²) in [6.07, 6.45) is 0. The van der Waals surface area contributed by atoms with Gasteiger partial charge in [0, 0.05) is 35.7 Å². The minimum Gasteiger partial charge on any atom is -0.379 e. The molecule has 0 aromatic heterocycles. The molecule has 0 aliphatic heterocycles. The van der Waals surface area contributed by atoms with Crippen LogP contribution in [0.15, 0.2) is 5.11 Å². The number of nitrogens with one attached hydrogen (secondary N) is 2. The second kappa shape index (κ2) is 16.8. The van der Waals surface area contributed by atoms with E-state index in [-0.39, 0.29) is 29.7 Å². The van der Waals surface area contributed by atoms with Gasteiger partial charge in [0.05, 0.1) is 38.2 Å². The van der Waals surface area contributed by atoms with Crippen LogP contribution in [0.4, 0.5) is 0 Å². The summed E-state index contributed by atoms with van der Waals surface area (Å²) in [6.45, 7) is 10.1. The number of rotatable bonds is 17. The van der Waals surface area contributed by atoms with Gasteiger partial charge in [0.15, 0.2) is 5.78 Å². The van der Waals surface area contributed by atoms with Gasteiger partial charge < -0.3 is 20.1 Å². The number of thioether (sulfide) groups is 1. The second-order valence-electron chi connectivity index (χ2n) is 6.48. The summed E-state index contributed by atoms with van der Waals surface area (Å²) in [5.41, 5.74) is 8.10. The van der Waals surface area contributed by atoms with E-state index in [0.717, 1.165) is 0 Å². The normalized spacial score (nSPS) is 12.1. The average molecular weight is 404 g/mol. The molecule has 9 nitrogen and oxygen atoms in total. The topological polar surface area (TPSA) is 125 Å². The van der Waals surface area contributed by atoms with Crippen LogP contribution in [0.1, 0.15) is 27.7 Å². The minimum absolute atomic E-state index is 0.0316. The Balaban J connectivity index is 3.74. The largest absolute Gasteiger partial charge is 0.379 e. The highest BCUT2D eigenvalue weighted by atomic mass is 32.2. The van der Waals surface area contributed by atoms with Gasteiger partial charge in [0.1, 0.15) is 0 Å². The molecule has 10 heteroatoms. The van der Waals surface area contributed by atoms with Crippen LogP contribution in [0.25, 0.3) is 10.4 Å². The number of ether oxygens (including phenoxy) is 2. The first kappa shape index (κ1) is 25.7. The molecular weight excluding hydrogens is 370 g/mol. The zero-order valence-electron chi connectivity index (χ0n) is 16.8. The molecule has 0 fully saturated rings. The van der Waals surface area contributed by atoms with Crippen LogP contribution in [0.2, 0.25) is 0 Å². The quantitative estimate of drug-likeness (QED) is 0.165. The predicted molar refractivity (Wildman–Crippen MR) is 108 cm³/mol. The molecule has 0 radical (unpaired) electrons. The lowest BCUT2D eigenvalue weighted by atomic mass is 10.0. The van der Waals surface area contributed by atoms with Gasteiger partial charge in [-0.3, -0.25) is 9.59 Å². The number of carbonyl (C=O) groups is 2. The van der Waals surface area contributed by atoms with E-state index in [9.17, 15) is 9.59 Å². The first-order chi connectivity index (χ1) is 12.9. The van der Waals surface area contributed by atoms with E-state index in [1.807, 2.05) is 27.7 Å². The minimum atomic E-state index is -0.231. The summed E-state index contributed by atoms with van der Waals surface area (Å²) < 4.78 is 10.5. The van der Waals surface area contributed by atoms with Crippen LogP contribution in [-0.2, 0) is 19.1 Å². The molecule has 0 bridgehead atoms. The van der Waals surface area contributed by atoms with Crippen molar-refractivity contribution in [2.75, 3.05) is 51.0 Å². The number of hydrogen-bond acceptors (Lipinski definition) is 7. The summed E-state index contributed by atoms with van der Waals surface area (Å²) in [5.74, 6) is 0.952. The highest BCUT2D eigenvalue weighted by Gasteiger charge is 2.21. The van der Waals surface area contributed by atoms with Gasteiger partial charge in [0.25, 0.3) is 0 Å². The second-order valence-corrected chi connectivity index (χ2v) is 7.51. The van der Waals surface area contributed by atoms with E-state index in [2.05, 4.69) is 20.7 Å². The van der Waals surface area contributed by atoms with E-state index in [1.165, 1.54) is 11.8 Å². The van der Waals surface area contributed by atoms with E-state index in [4.69, 9.17) is 15.0 Å². The molecule has 27 heavy (non-hydrogen) atoms. The number of hydrogen-bond donors (Lipinski definition) is 2. The van der Waals surface area contributed by atoms with Crippen LogP contribution in [0, 0.1) is 5.92 Å². The van der Waals surface area contributed by atoms with Crippen molar-refractivity contribution in [3.05, 3.63) is 10.4 Å². The fraction of sp³-hybridized carbons (Fsp3) is 0.882. The lowest BCUT2D eigenvalue weighted by Crippen LogP contribution is -2.44. The lowest BCUT2D eigenvalue weighted by Gasteiger charge is -2.21. The summed E-state index contributed by atoms with van der Waals surface area (Å²) in [7, 11) is 0. The van der Waals surface area contributed by atoms with Gasteiger partial charge in [0.2, 0.25) is 5.91 Å². The molecule has 0 aromatic carbocycles.